The number of para-hydroxylation sites is 1. The Kier molecular flexibility index (Phi) is 14.1. The minimum atomic E-state index is -4.27. The zero-order valence-electron chi connectivity index (χ0n) is 15.9. The van der Waals surface area contributed by atoms with Gasteiger partial charge in [0.2, 0.25) is 0 Å². The second-order valence-electron chi connectivity index (χ2n) is 5.72. The molecule has 0 saturated heterocycles. The predicted molar refractivity (Wildman–Crippen MR) is 115 cm³/mol. The van der Waals surface area contributed by atoms with Crippen molar-refractivity contribution in [2.45, 2.75) is 25.9 Å². The summed E-state index contributed by atoms with van der Waals surface area (Å²) in [5, 5.41) is 6.27. The fraction of sp³-hybridized carbons (Fsp3) is 0.611. The lowest BCUT2D eigenvalue weighted by Crippen LogP contribution is -2.39. The van der Waals surface area contributed by atoms with Crippen molar-refractivity contribution in [1.82, 2.24) is 10.6 Å². The van der Waals surface area contributed by atoms with Gasteiger partial charge in [-0.25, -0.2) is 0 Å². The summed E-state index contributed by atoms with van der Waals surface area (Å²) in [6, 6.07) is 10.3. The first-order valence-corrected chi connectivity index (χ1v) is 8.85. The molecule has 0 aliphatic rings. The van der Waals surface area contributed by atoms with Crippen LogP contribution in [-0.2, 0) is 4.74 Å². The molecule has 1 aromatic rings. The normalized spacial score (nSPS) is 11.7. The van der Waals surface area contributed by atoms with E-state index in [0.717, 1.165) is 26.1 Å². The van der Waals surface area contributed by atoms with Crippen LogP contribution in [0.2, 0.25) is 0 Å². The van der Waals surface area contributed by atoms with Crippen molar-refractivity contribution in [2.75, 3.05) is 51.3 Å². The average molecular weight is 502 g/mol. The molecular formula is C18H30F3IN4O. The molecule has 156 valence electrons. The average Bonchev–Trinajstić information content (AvgIpc) is 2.62. The summed E-state index contributed by atoms with van der Waals surface area (Å²) in [6.07, 6.45) is -2.84. The molecule has 9 heteroatoms. The van der Waals surface area contributed by atoms with Crippen LogP contribution in [0.25, 0.3) is 0 Å². The summed E-state index contributed by atoms with van der Waals surface area (Å²) in [7, 11) is 1.66. The maximum absolute atomic E-state index is 11.9. The summed E-state index contributed by atoms with van der Waals surface area (Å²) >= 11 is 0. The van der Waals surface area contributed by atoms with Gasteiger partial charge in [-0.15, -0.1) is 24.0 Å². The molecular weight excluding hydrogens is 472 g/mol. The first-order chi connectivity index (χ1) is 12.5. The summed E-state index contributed by atoms with van der Waals surface area (Å²) in [4.78, 5) is 6.40. The van der Waals surface area contributed by atoms with Crippen LogP contribution in [0.3, 0.4) is 0 Å². The third-order valence-electron chi connectivity index (χ3n) is 3.65. The number of benzene rings is 1. The molecule has 0 bridgehead atoms. The Bertz CT molecular complexity index is 515. The Hall–Kier alpha value is -1.23. The van der Waals surface area contributed by atoms with Crippen molar-refractivity contribution < 1.29 is 17.9 Å². The van der Waals surface area contributed by atoms with Crippen LogP contribution >= 0.6 is 24.0 Å². The maximum atomic E-state index is 11.9. The van der Waals surface area contributed by atoms with E-state index in [0.29, 0.717) is 18.9 Å². The highest BCUT2D eigenvalue weighted by atomic mass is 127. The smallest absolute Gasteiger partial charge is 0.372 e. The summed E-state index contributed by atoms with van der Waals surface area (Å²) in [6.45, 7) is 4.12. The van der Waals surface area contributed by atoms with Crippen molar-refractivity contribution in [2.24, 2.45) is 4.99 Å². The fourth-order valence-corrected chi connectivity index (χ4v) is 2.37. The third kappa shape index (κ3) is 12.7. The topological polar surface area (TPSA) is 48.9 Å². The van der Waals surface area contributed by atoms with Gasteiger partial charge in [-0.05, 0) is 31.9 Å². The van der Waals surface area contributed by atoms with Crippen molar-refractivity contribution in [1.29, 1.82) is 0 Å². The van der Waals surface area contributed by atoms with Crippen LogP contribution in [0.15, 0.2) is 35.3 Å². The van der Waals surface area contributed by atoms with Gasteiger partial charge in [-0.2, -0.15) is 13.2 Å². The Morgan fingerprint density at radius 1 is 1.11 bits per heavy atom. The van der Waals surface area contributed by atoms with Crippen molar-refractivity contribution >= 4 is 35.6 Å². The van der Waals surface area contributed by atoms with E-state index in [2.05, 4.69) is 44.3 Å². The van der Waals surface area contributed by atoms with E-state index in [-0.39, 0.29) is 30.6 Å². The third-order valence-corrected chi connectivity index (χ3v) is 3.65. The van der Waals surface area contributed by atoms with Gasteiger partial charge < -0.3 is 20.3 Å². The largest absolute Gasteiger partial charge is 0.411 e. The van der Waals surface area contributed by atoms with Crippen molar-refractivity contribution in [3.8, 4) is 0 Å². The molecule has 0 aromatic heterocycles. The van der Waals surface area contributed by atoms with E-state index in [1.54, 1.807) is 7.05 Å². The van der Waals surface area contributed by atoms with Crippen LogP contribution < -0.4 is 15.5 Å². The van der Waals surface area contributed by atoms with Gasteiger partial charge in [-0.3, -0.25) is 4.99 Å². The van der Waals surface area contributed by atoms with E-state index in [1.807, 2.05) is 18.2 Å². The summed E-state index contributed by atoms with van der Waals surface area (Å²) < 4.78 is 40.4. The van der Waals surface area contributed by atoms with Gasteiger partial charge in [0.15, 0.2) is 5.96 Å². The number of nitrogens with zero attached hydrogens (tertiary/aromatic N) is 2. The minimum absolute atomic E-state index is 0. The van der Waals surface area contributed by atoms with Crippen molar-refractivity contribution in [3.05, 3.63) is 30.3 Å². The molecule has 0 radical (unpaired) electrons. The van der Waals surface area contributed by atoms with Crippen LogP contribution in [0, 0.1) is 0 Å². The highest BCUT2D eigenvalue weighted by Crippen LogP contribution is 2.14. The molecule has 1 rings (SSSR count). The number of hydrogen-bond acceptors (Lipinski definition) is 3. The number of anilines is 1. The van der Waals surface area contributed by atoms with Crippen LogP contribution in [0.1, 0.15) is 19.8 Å². The molecule has 0 spiro atoms. The molecule has 27 heavy (non-hydrogen) atoms. The molecule has 1 aromatic carbocycles. The van der Waals surface area contributed by atoms with Gasteiger partial charge in [0.05, 0.1) is 0 Å². The molecule has 0 aliphatic heterocycles. The molecule has 2 N–H and O–H groups in total. The molecule has 0 heterocycles. The van der Waals surface area contributed by atoms with Crippen molar-refractivity contribution in [3.63, 3.8) is 0 Å². The van der Waals surface area contributed by atoms with Gasteiger partial charge in [0, 0.05) is 45.5 Å². The number of hydrogen-bond donors (Lipinski definition) is 2. The molecule has 0 aliphatic carbocycles. The van der Waals surface area contributed by atoms with Gasteiger partial charge >= 0.3 is 6.18 Å². The quantitative estimate of drug-likeness (QED) is 0.210. The van der Waals surface area contributed by atoms with E-state index < -0.39 is 12.8 Å². The van der Waals surface area contributed by atoms with Crippen LogP contribution in [0.5, 0.6) is 0 Å². The lowest BCUT2D eigenvalue weighted by molar-refractivity contribution is -0.173. The van der Waals surface area contributed by atoms with Gasteiger partial charge in [0.25, 0.3) is 0 Å². The summed E-state index contributed by atoms with van der Waals surface area (Å²) in [5.41, 5.74) is 1.20. The number of aliphatic imine (C=N–C) groups is 1. The molecule has 0 unspecified atom stereocenters. The minimum Gasteiger partial charge on any atom is -0.372 e. The molecule has 0 fully saturated rings. The lowest BCUT2D eigenvalue weighted by Gasteiger charge is -2.23. The number of rotatable bonds is 11. The van der Waals surface area contributed by atoms with Gasteiger partial charge in [0.1, 0.15) is 6.61 Å². The SMILES string of the molecule is CCN(CCCNC(=NC)NCCCOCC(F)(F)F)c1ccccc1.I. The van der Waals surface area contributed by atoms with Crippen LogP contribution in [0.4, 0.5) is 18.9 Å². The monoisotopic (exact) mass is 502 g/mol. The molecule has 0 amide bonds. The second-order valence-corrected chi connectivity index (χ2v) is 5.72. The van der Waals surface area contributed by atoms with E-state index in [9.17, 15) is 13.2 Å². The second kappa shape index (κ2) is 14.8. The first-order valence-electron chi connectivity index (χ1n) is 8.85. The Morgan fingerprint density at radius 3 is 2.30 bits per heavy atom. The number of alkyl halides is 3. The molecule has 0 atom stereocenters. The highest BCUT2D eigenvalue weighted by Gasteiger charge is 2.27. The first kappa shape index (κ1) is 25.8. The standard InChI is InChI=1S/C18H29F3N4O.HI/c1-3-25(16-9-5-4-6-10-16)13-7-11-23-17(22-2)24-12-8-14-26-15-18(19,20)21;/h4-6,9-10H,3,7-8,11-15H2,1-2H3,(H2,22,23,24);1H. The zero-order chi connectivity index (χ0) is 19.3. The number of ether oxygens (including phenoxy) is 1. The molecule has 0 saturated carbocycles. The maximum Gasteiger partial charge on any atom is 0.411 e. The van der Waals surface area contributed by atoms with E-state index in [4.69, 9.17) is 0 Å². The number of halogens is 4. The Morgan fingerprint density at radius 2 is 1.74 bits per heavy atom. The number of nitrogens with one attached hydrogen (secondary N) is 2. The predicted octanol–water partition coefficient (Wildman–Crippen LogP) is 3.66. The Labute approximate surface area is 176 Å². The van der Waals surface area contributed by atoms with E-state index >= 15 is 0 Å². The fourth-order valence-electron chi connectivity index (χ4n) is 2.37. The zero-order valence-corrected chi connectivity index (χ0v) is 18.2. The van der Waals surface area contributed by atoms with E-state index in [1.165, 1.54) is 5.69 Å². The Balaban J connectivity index is 0.00000676. The number of guanidine groups is 1. The van der Waals surface area contributed by atoms with Crippen LogP contribution in [-0.4, -0.2) is 58.6 Å². The lowest BCUT2D eigenvalue weighted by atomic mass is 10.2. The highest BCUT2D eigenvalue weighted by molar-refractivity contribution is 14.0. The van der Waals surface area contributed by atoms with Gasteiger partial charge in [-0.1, -0.05) is 18.2 Å². The summed E-state index contributed by atoms with van der Waals surface area (Å²) in [5.74, 6) is 0.642. The molecule has 5 nitrogen and oxygen atoms in total.